The quantitative estimate of drug-likeness (QED) is 0.642. The van der Waals surface area contributed by atoms with Gasteiger partial charge in [0.2, 0.25) is 0 Å². The summed E-state index contributed by atoms with van der Waals surface area (Å²) in [4.78, 5) is 3.57. The Bertz CT molecular complexity index is 708. The molecule has 1 aromatic carbocycles. The lowest BCUT2D eigenvalue weighted by Gasteiger charge is -2.09. The second-order valence-corrected chi connectivity index (χ2v) is 6.28. The number of rotatable bonds is 3. The second kappa shape index (κ2) is 5.37. The molecule has 100 valence electrons. The van der Waals surface area contributed by atoms with E-state index >= 15 is 0 Å². The van der Waals surface area contributed by atoms with E-state index in [0.29, 0.717) is 0 Å². The fraction of sp³-hybridized carbons (Fsp3) is 0. The number of anilines is 1. The molecule has 0 spiro atoms. The van der Waals surface area contributed by atoms with Crippen LogP contribution < -0.4 is 4.72 Å². The third-order valence-corrected chi connectivity index (χ3v) is 4.56. The average Bonchev–Trinajstić information content (AvgIpc) is 2.40. The monoisotopic (exact) mass is 396 g/mol. The molecule has 0 atom stereocenters. The highest BCUT2D eigenvalue weighted by molar-refractivity contribution is 14.1. The van der Waals surface area contributed by atoms with Gasteiger partial charge in [-0.25, -0.2) is 17.2 Å². The highest BCUT2D eigenvalue weighted by Crippen LogP contribution is 2.24. The molecule has 0 fully saturated rings. The Balaban J connectivity index is 2.40. The fourth-order valence-electron chi connectivity index (χ4n) is 1.31. The Hall–Kier alpha value is -1.29. The molecule has 8 heteroatoms. The van der Waals surface area contributed by atoms with Crippen LogP contribution in [0.1, 0.15) is 0 Å². The number of hydrogen-bond donors (Lipinski definition) is 1. The van der Waals surface area contributed by atoms with Crippen molar-refractivity contribution in [3.8, 4) is 0 Å². The lowest BCUT2D eigenvalue weighted by atomic mass is 10.3. The molecule has 0 unspecified atom stereocenters. The molecule has 0 bridgehead atoms. The third-order valence-electron chi connectivity index (χ3n) is 2.22. The van der Waals surface area contributed by atoms with Crippen LogP contribution in [0.5, 0.6) is 0 Å². The van der Waals surface area contributed by atoms with E-state index < -0.39 is 21.7 Å². The minimum atomic E-state index is -3.94. The van der Waals surface area contributed by atoms with Gasteiger partial charge >= 0.3 is 0 Å². The first kappa shape index (κ1) is 14.1. The minimum absolute atomic E-state index is 0.103. The van der Waals surface area contributed by atoms with Gasteiger partial charge in [-0.3, -0.25) is 9.71 Å². The van der Waals surface area contributed by atoms with Crippen molar-refractivity contribution in [3.63, 3.8) is 0 Å². The van der Waals surface area contributed by atoms with Gasteiger partial charge in [-0.15, -0.1) is 0 Å². The van der Waals surface area contributed by atoms with Gasteiger partial charge in [0.05, 0.1) is 9.26 Å². The average molecular weight is 396 g/mol. The van der Waals surface area contributed by atoms with E-state index in [1.54, 1.807) is 0 Å². The van der Waals surface area contributed by atoms with Crippen LogP contribution in [0.3, 0.4) is 0 Å². The molecule has 19 heavy (non-hydrogen) atoms. The first-order valence-electron chi connectivity index (χ1n) is 4.98. The Morgan fingerprint density at radius 3 is 2.58 bits per heavy atom. The van der Waals surface area contributed by atoms with E-state index in [0.717, 1.165) is 18.3 Å². The topological polar surface area (TPSA) is 59.1 Å². The number of aromatic nitrogens is 1. The molecule has 0 amide bonds. The van der Waals surface area contributed by atoms with Gasteiger partial charge in [-0.1, -0.05) is 0 Å². The van der Waals surface area contributed by atoms with Crippen molar-refractivity contribution in [1.29, 1.82) is 0 Å². The van der Waals surface area contributed by atoms with Gasteiger partial charge in [0.25, 0.3) is 10.0 Å². The maximum absolute atomic E-state index is 13.7. The Kier molecular flexibility index (Phi) is 3.99. The Morgan fingerprint density at radius 2 is 1.95 bits per heavy atom. The van der Waals surface area contributed by atoms with Gasteiger partial charge in [0, 0.05) is 12.4 Å². The smallest absolute Gasteiger partial charge is 0.263 e. The van der Waals surface area contributed by atoms with E-state index in [1.165, 1.54) is 40.9 Å². The van der Waals surface area contributed by atoms with Gasteiger partial charge in [-0.05, 0) is 46.9 Å². The molecule has 4 nitrogen and oxygen atoms in total. The maximum atomic E-state index is 13.7. The van der Waals surface area contributed by atoms with E-state index in [2.05, 4.69) is 9.71 Å². The standard InChI is InChI=1S/C11H7F2IN2O2S/c12-8-3-4-9(10(13)11(8)14)16-19(17,18)7-2-1-5-15-6-7/h1-6,16H. The molecule has 0 aliphatic carbocycles. The maximum Gasteiger partial charge on any atom is 0.263 e. The number of pyridine rings is 1. The van der Waals surface area contributed by atoms with Crippen molar-refractivity contribution in [2.45, 2.75) is 4.90 Å². The van der Waals surface area contributed by atoms with Crippen molar-refractivity contribution in [1.82, 2.24) is 4.98 Å². The van der Waals surface area contributed by atoms with Crippen LogP contribution in [0.15, 0.2) is 41.6 Å². The molecule has 2 rings (SSSR count). The van der Waals surface area contributed by atoms with Crippen LogP contribution in [-0.2, 0) is 10.0 Å². The fourth-order valence-corrected chi connectivity index (χ4v) is 2.81. The lowest BCUT2D eigenvalue weighted by molar-refractivity contribution is 0.571. The highest BCUT2D eigenvalue weighted by atomic mass is 127. The summed E-state index contributed by atoms with van der Waals surface area (Å²) in [6.45, 7) is 0. The number of halogens is 3. The molecular formula is C11H7F2IN2O2S. The van der Waals surface area contributed by atoms with Crippen molar-refractivity contribution < 1.29 is 17.2 Å². The highest BCUT2D eigenvalue weighted by Gasteiger charge is 2.18. The Labute approximate surface area is 122 Å². The molecule has 0 aliphatic rings. The normalized spacial score (nSPS) is 11.3. The van der Waals surface area contributed by atoms with Crippen LogP contribution in [0.2, 0.25) is 0 Å². The molecule has 0 saturated carbocycles. The number of sulfonamides is 1. The number of hydrogen-bond acceptors (Lipinski definition) is 3. The zero-order chi connectivity index (χ0) is 14.0. The van der Waals surface area contributed by atoms with Crippen LogP contribution in [0, 0.1) is 15.2 Å². The number of nitrogens with one attached hydrogen (secondary N) is 1. The van der Waals surface area contributed by atoms with Gasteiger partial charge < -0.3 is 0 Å². The van der Waals surface area contributed by atoms with Gasteiger partial charge in [0.15, 0.2) is 5.82 Å². The lowest BCUT2D eigenvalue weighted by Crippen LogP contribution is -2.14. The summed E-state index contributed by atoms with van der Waals surface area (Å²) in [5, 5.41) is 0. The van der Waals surface area contributed by atoms with Gasteiger partial charge in [0.1, 0.15) is 10.7 Å². The molecular weight excluding hydrogens is 389 g/mol. The van der Waals surface area contributed by atoms with Crippen LogP contribution >= 0.6 is 22.6 Å². The largest absolute Gasteiger partial charge is 0.277 e. The number of nitrogens with zero attached hydrogens (tertiary/aromatic N) is 1. The first-order valence-corrected chi connectivity index (χ1v) is 7.54. The Morgan fingerprint density at radius 1 is 1.21 bits per heavy atom. The van der Waals surface area contributed by atoms with Crippen molar-refractivity contribution in [2.75, 3.05) is 4.72 Å². The molecule has 2 aromatic rings. The molecule has 0 aliphatic heterocycles. The molecule has 0 radical (unpaired) electrons. The van der Waals surface area contributed by atoms with E-state index in [1.807, 2.05) is 0 Å². The van der Waals surface area contributed by atoms with E-state index in [9.17, 15) is 17.2 Å². The minimum Gasteiger partial charge on any atom is -0.277 e. The van der Waals surface area contributed by atoms with Gasteiger partial charge in [-0.2, -0.15) is 0 Å². The molecule has 1 heterocycles. The SMILES string of the molecule is O=S(=O)(Nc1ccc(F)c(I)c1F)c1cccnc1. The summed E-state index contributed by atoms with van der Waals surface area (Å²) in [7, 11) is -3.94. The second-order valence-electron chi connectivity index (χ2n) is 3.52. The summed E-state index contributed by atoms with van der Waals surface area (Å²) in [6, 6.07) is 4.79. The summed E-state index contributed by atoms with van der Waals surface area (Å²) in [5.74, 6) is -1.70. The summed E-state index contributed by atoms with van der Waals surface area (Å²) < 4.78 is 52.5. The predicted molar refractivity (Wildman–Crippen MR) is 74.1 cm³/mol. The molecule has 0 saturated heterocycles. The zero-order valence-electron chi connectivity index (χ0n) is 9.27. The van der Waals surface area contributed by atoms with Crippen LogP contribution in [-0.4, -0.2) is 13.4 Å². The third kappa shape index (κ3) is 3.00. The summed E-state index contributed by atoms with van der Waals surface area (Å²) in [5.41, 5.74) is -0.311. The predicted octanol–water partition coefficient (Wildman–Crippen LogP) is 2.77. The first-order chi connectivity index (χ1) is 8.92. The van der Waals surface area contributed by atoms with E-state index in [-0.39, 0.29) is 14.2 Å². The van der Waals surface area contributed by atoms with Crippen molar-refractivity contribution >= 4 is 38.3 Å². The van der Waals surface area contributed by atoms with Crippen LogP contribution in [0.25, 0.3) is 0 Å². The number of benzene rings is 1. The van der Waals surface area contributed by atoms with E-state index in [4.69, 9.17) is 0 Å². The molecule has 1 aromatic heterocycles. The van der Waals surface area contributed by atoms with Crippen LogP contribution in [0.4, 0.5) is 14.5 Å². The summed E-state index contributed by atoms with van der Waals surface area (Å²) in [6.07, 6.45) is 2.55. The zero-order valence-corrected chi connectivity index (χ0v) is 12.2. The summed E-state index contributed by atoms with van der Waals surface area (Å²) >= 11 is 1.46. The van der Waals surface area contributed by atoms with Crippen molar-refractivity contribution in [3.05, 3.63) is 51.9 Å². The molecule has 1 N–H and O–H groups in total. The van der Waals surface area contributed by atoms with Crippen molar-refractivity contribution in [2.24, 2.45) is 0 Å².